The molecule has 2 aromatic carbocycles. The Hall–Kier alpha value is -3.23. The number of para-hydroxylation sites is 1. The molecule has 0 atom stereocenters. The van der Waals surface area contributed by atoms with Gasteiger partial charge in [0, 0.05) is 11.4 Å². The summed E-state index contributed by atoms with van der Waals surface area (Å²) in [5, 5.41) is 4.77. The molecule has 2 N–H and O–H groups in total. The number of hydrogen-bond donors (Lipinski definition) is 2. The zero-order valence-corrected chi connectivity index (χ0v) is 14.1. The van der Waals surface area contributed by atoms with Crippen LogP contribution < -0.4 is 15.4 Å². The van der Waals surface area contributed by atoms with E-state index in [4.69, 9.17) is 4.74 Å². The van der Waals surface area contributed by atoms with Crippen molar-refractivity contribution in [2.24, 2.45) is 0 Å². The van der Waals surface area contributed by atoms with Gasteiger partial charge in [0.1, 0.15) is 12.3 Å². The topological polar surface area (TPSA) is 76.7 Å². The number of carbonyl (C=O) groups is 2. The van der Waals surface area contributed by atoms with Crippen LogP contribution in [-0.4, -0.2) is 37.8 Å². The van der Waals surface area contributed by atoms with Crippen molar-refractivity contribution in [1.82, 2.24) is 5.32 Å². The van der Waals surface area contributed by atoms with Gasteiger partial charge in [0.25, 0.3) is 5.91 Å². The molecule has 0 spiro atoms. The highest BCUT2D eigenvalue weighted by Gasteiger charge is 2.27. The minimum absolute atomic E-state index is 0.395. The van der Waals surface area contributed by atoms with Crippen LogP contribution in [-0.2, 0) is 14.3 Å². The lowest BCUT2D eigenvalue weighted by molar-refractivity contribution is -0.152. The number of benzene rings is 2. The molecule has 0 aliphatic heterocycles. The van der Waals surface area contributed by atoms with E-state index in [9.17, 15) is 22.8 Å². The maximum atomic E-state index is 11.9. The monoisotopic (exact) mass is 382 g/mol. The fourth-order valence-electron chi connectivity index (χ4n) is 1.90. The van der Waals surface area contributed by atoms with Crippen molar-refractivity contribution in [3.8, 4) is 5.75 Å². The van der Waals surface area contributed by atoms with Gasteiger partial charge in [0.15, 0.2) is 13.2 Å². The zero-order chi connectivity index (χ0) is 19.7. The highest BCUT2D eigenvalue weighted by atomic mass is 19.4. The predicted molar refractivity (Wildman–Crippen MR) is 91.7 cm³/mol. The van der Waals surface area contributed by atoms with Gasteiger partial charge in [0.2, 0.25) is 0 Å². The van der Waals surface area contributed by atoms with Gasteiger partial charge < -0.3 is 20.1 Å². The van der Waals surface area contributed by atoms with E-state index in [-0.39, 0.29) is 0 Å². The van der Waals surface area contributed by atoms with E-state index >= 15 is 0 Å². The molecule has 0 fully saturated rings. The zero-order valence-electron chi connectivity index (χ0n) is 14.1. The highest BCUT2D eigenvalue weighted by molar-refractivity contribution is 5.80. The fourth-order valence-corrected chi connectivity index (χ4v) is 1.90. The molecule has 0 heterocycles. The number of esters is 1. The Kier molecular flexibility index (Phi) is 7.04. The maximum Gasteiger partial charge on any atom is 0.405 e. The minimum atomic E-state index is -4.52. The summed E-state index contributed by atoms with van der Waals surface area (Å²) >= 11 is 0. The van der Waals surface area contributed by atoms with Crippen molar-refractivity contribution in [3.05, 3.63) is 54.6 Å². The second-order valence-electron chi connectivity index (χ2n) is 5.36. The van der Waals surface area contributed by atoms with Crippen molar-refractivity contribution >= 4 is 23.3 Å². The van der Waals surface area contributed by atoms with Crippen LogP contribution in [0.25, 0.3) is 0 Å². The normalized spacial score (nSPS) is 10.8. The van der Waals surface area contributed by atoms with Crippen LogP contribution in [0.5, 0.6) is 5.75 Å². The Morgan fingerprint density at radius 1 is 0.889 bits per heavy atom. The average molecular weight is 382 g/mol. The largest absolute Gasteiger partial charge is 0.482 e. The summed E-state index contributed by atoms with van der Waals surface area (Å²) in [5.41, 5.74) is 1.73. The second kappa shape index (κ2) is 9.46. The van der Waals surface area contributed by atoms with E-state index in [0.717, 1.165) is 11.4 Å². The summed E-state index contributed by atoms with van der Waals surface area (Å²) in [7, 11) is 0. The van der Waals surface area contributed by atoms with Crippen LogP contribution >= 0.6 is 0 Å². The second-order valence-corrected chi connectivity index (χ2v) is 5.36. The number of rotatable bonds is 8. The third-order valence-electron chi connectivity index (χ3n) is 3.12. The Morgan fingerprint density at radius 2 is 1.52 bits per heavy atom. The summed E-state index contributed by atoms with van der Waals surface area (Å²) in [6.45, 7) is -2.76. The number of anilines is 2. The molecule has 0 bridgehead atoms. The molecular formula is C18H17F3N2O4. The molecule has 6 nitrogen and oxygen atoms in total. The lowest BCUT2D eigenvalue weighted by Gasteiger charge is -2.10. The Labute approximate surface area is 153 Å². The number of amides is 1. The number of carbonyl (C=O) groups excluding carboxylic acids is 2. The first-order chi connectivity index (χ1) is 12.8. The van der Waals surface area contributed by atoms with Crippen molar-refractivity contribution < 1.29 is 32.2 Å². The molecule has 27 heavy (non-hydrogen) atoms. The first-order valence-corrected chi connectivity index (χ1v) is 7.86. The van der Waals surface area contributed by atoms with Crippen LogP contribution in [0.3, 0.4) is 0 Å². The van der Waals surface area contributed by atoms with E-state index < -0.39 is 37.8 Å². The standard InChI is InChI=1S/C18H17F3N2O4/c19-18(20,21)12-22-16(24)10-27-17(25)11-26-15-8-6-14(7-9-15)23-13-4-2-1-3-5-13/h1-9,23H,10-12H2,(H,22,24). The molecule has 144 valence electrons. The quantitative estimate of drug-likeness (QED) is 0.687. The van der Waals surface area contributed by atoms with Crippen LogP contribution in [0.1, 0.15) is 0 Å². The summed E-state index contributed by atoms with van der Waals surface area (Å²) in [5.74, 6) is -1.52. The number of hydrogen-bond acceptors (Lipinski definition) is 5. The number of nitrogens with one attached hydrogen (secondary N) is 2. The van der Waals surface area contributed by atoms with E-state index in [2.05, 4.69) is 10.1 Å². The van der Waals surface area contributed by atoms with Crippen LogP contribution in [0.4, 0.5) is 24.5 Å². The molecule has 2 rings (SSSR count). The Bertz CT molecular complexity index is 749. The Morgan fingerprint density at radius 3 is 2.15 bits per heavy atom. The lowest BCUT2D eigenvalue weighted by atomic mass is 10.2. The van der Waals surface area contributed by atoms with Crippen molar-refractivity contribution in [3.63, 3.8) is 0 Å². The molecule has 9 heteroatoms. The smallest absolute Gasteiger partial charge is 0.405 e. The third-order valence-corrected chi connectivity index (χ3v) is 3.12. The van der Waals surface area contributed by atoms with Gasteiger partial charge in [-0.2, -0.15) is 13.2 Å². The van der Waals surface area contributed by atoms with Crippen molar-refractivity contribution in [2.75, 3.05) is 25.1 Å². The Balaban J connectivity index is 1.70. The first-order valence-electron chi connectivity index (χ1n) is 7.86. The number of alkyl halides is 3. The molecule has 0 radical (unpaired) electrons. The highest BCUT2D eigenvalue weighted by Crippen LogP contribution is 2.19. The van der Waals surface area contributed by atoms with E-state index in [0.29, 0.717) is 5.75 Å². The molecule has 2 aromatic rings. The SMILES string of the molecule is O=C(COC(=O)COc1ccc(Nc2ccccc2)cc1)NCC(F)(F)F. The van der Waals surface area contributed by atoms with Crippen molar-refractivity contribution in [1.29, 1.82) is 0 Å². The molecule has 1 amide bonds. The van der Waals surface area contributed by atoms with Gasteiger partial charge >= 0.3 is 12.1 Å². The summed E-state index contributed by atoms with van der Waals surface area (Å²) in [6.07, 6.45) is -4.52. The van der Waals surface area contributed by atoms with Crippen LogP contribution in [0.2, 0.25) is 0 Å². The lowest BCUT2D eigenvalue weighted by Crippen LogP contribution is -2.36. The van der Waals surface area contributed by atoms with Crippen molar-refractivity contribution in [2.45, 2.75) is 6.18 Å². The van der Waals surface area contributed by atoms with Gasteiger partial charge in [-0.25, -0.2) is 4.79 Å². The average Bonchev–Trinajstić information content (AvgIpc) is 2.64. The maximum absolute atomic E-state index is 11.9. The van der Waals surface area contributed by atoms with E-state index in [1.807, 2.05) is 30.3 Å². The number of ether oxygens (including phenoxy) is 2. The van der Waals surface area contributed by atoms with E-state index in [1.165, 1.54) is 0 Å². The predicted octanol–water partition coefficient (Wildman–Crippen LogP) is 3.03. The summed E-state index contributed by atoms with van der Waals surface area (Å²) in [6, 6.07) is 16.3. The molecule has 0 saturated heterocycles. The van der Waals surface area contributed by atoms with Gasteiger partial charge in [-0.15, -0.1) is 0 Å². The molecule has 0 aliphatic rings. The molecular weight excluding hydrogens is 365 g/mol. The number of halogens is 3. The summed E-state index contributed by atoms with van der Waals surface area (Å²) in [4.78, 5) is 22.6. The molecule has 0 saturated carbocycles. The van der Waals surface area contributed by atoms with Gasteiger partial charge in [0.05, 0.1) is 0 Å². The molecule has 0 aromatic heterocycles. The third kappa shape index (κ3) is 8.13. The summed E-state index contributed by atoms with van der Waals surface area (Å²) < 4.78 is 45.5. The van der Waals surface area contributed by atoms with E-state index in [1.54, 1.807) is 29.6 Å². The van der Waals surface area contributed by atoms with Crippen LogP contribution in [0.15, 0.2) is 54.6 Å². The van der Waals surface area contributed by atoms with Crippen LogP contribution in [0, 0.1) is 0 Å². The minimum Gasteiger partial charge on any atom is -0.482 e. The van der Waals surface area contributed by atoms with Gasteiger partial charge in [-0.05, 0) is 36.4 Å². The van der Waals surface area contributed by atoms with Gasteiger partial charge in [-0.3, -0.25) is 4.79 Å². The molecule has 0 aliphatic carbocycles. The first kappa shape index (κ1) is 20.1. The van der Waals surface area contributed by atoms with Gasteiger partial charge in [-0.1, -0.05) is 18.2 Å². The molecule has 0 unspecified atom stereocenters. The fraction of sp³-hybridized carbons (Fsp3) is 0.222.